The zero-order valence-electron chi connectivity index (χ0n) is 8.38. The molecule has 0 aliphatic rings. The monoisotopic (exact) mass is 181 g/mol. The van der Waals surface area contributed by atoms with Crippen LogP contribution in [0.5, 0.6) is 0 Å². The van der Waals surface area contributed by atoms with Crippen molar-refractivity contribution in [3.8, 4) is 0 Å². The molecule has 4 N–H and O–H groups in total. The van der Waals surface area contributed by atoms with Crippen molar-refractivity contribution in [2.45, 2.75) is 26.4 Å². The number of H-pyrrole nitrogens is 1. The first-order valence-corrected chi connectivity index (χ1v) is 4.79. The lowest BCUT2D eigenvalue weighted by Crippen LogP contribution is -2.39. The molecular formula is C10H19N3. The Morgan fingerprint density at radius 2 is 2.31 bits per heavy atom. The first-order valence-electron chi connectivity index (χ1n) is 4.79. The second-order valence-corrected chi connectivity index (χ2v) is 3.69. The van der Waals surface area contributed by atoms with Crippen LogP contribution in [0.1, 0.15) is 19.4 Å². The van der Waals surface area contributed by atoms with Crippen LogP contribution < -0.4 is 11.1 Å². The van der Waals surface area contributed by atoms with Crippen molar-refractivity contribution in [3.05, 3.63) is 24.0 Å². The van der Waals surface area contributed by atoms with Gasteiger partial charge in [0.2, 0.25) is 0 Å². The first-order chi connectivity index (χ1) is 6.24. The van der Waals surface area contributed by atoms with Crippen molar-refractivity contribution in [1.29, 1.82) is 0 Å². The molecule has 3 heteroatoms. The van der Waals surface area contributed by atoms with E-state index in [1.165, 1.54) is 5.56 Å². The lowest BCUT2D eigenvalue weighted by atomic mass is 10.0. The quantitative estimate of drug-likeness (QED) is 0.637. The topological polar surface area (TPSA) is 53.8 Å². The molecule has 0 amide bonds. The molecule has 0 aliphatic carbocycles. The summed E-state index contributed by atoms with van der Waals surface area (Å²) in [6, 6.07) is 2.48. The molecule has 0 aliphatic heterocycles. The Hall–Kier alpha value is -0.800. The Morgan fingerprint density at radius 3 is 2.77 bits per heavy atom. The molecule has 1 rings (SSSR count). The summed E-state index contributed by atoms with van der Waals surface area (Å²) in [6.45, 7) is 5.95. The Balaban J connectivity index is 2.32. The highest BCUT2D eigenvalue weighted by atomic mass is 14.9. The molecule has 1 atom stereocenters. The van der Waals surface area contributed by atoms with Gasteiger partial charge in [-0.15, -0.1) is 0 Å². The van der Waals surface area contributed by atoms with Gasteiger partial charge in [0.25, 0.3) is 0 Å². The highest BCUT2D eigenvalue weighted by Crippen LogP contribution is 2.02. The summed E-state index contributed by atoms with van der Waals surface area (Å²) >= 11 is 0. The number of nitrogens with two attached hydrogens (primary N) is 1. The van der Waals surface area contributed by atoms with Crippen LogP contribution in [0.4, 0.5) is 0 Å². The van der Waals surface area contributed by atoms with E-state index in [1.807, 2.05) is 12.4 Å². The van der Waals surface area contributed by atoms with Crippen molar-refractivity contribution < 1.29 is 0 Å². The summed E-state index contributed by atoms with van der Waals surface area (Å²) in [6.07, 6.45) is 3.94. The molecule has 1 aromatic rings. The van der Waals surface area contributed by atoms with E-state index in [2.05, 4.69) is 30.2 Å². The molecule has 1 heterocycles. The van der Waals surface area contributed by atoms with Gasteiger partial charge in [-0.1, -0.05) is 13.8 Å². The summed E-state index contributed by atoms with van der Waals surface area (Å²) in [5.74, 6) is 0.587. The highest BCUT2D eigenvalue weighted by molar-refractivity contribution is 5.07. The van der Waals surface area contributed by atoms with Gasteiger partial charge in [-0.05, 0) is 17.5 Å². The Morgan fingerprint density at radius 1 is 1.54 bits per heavy atom. The fourth-order valence-corrected chi connectivity index (χ4v) is 1.31. The Labute approximate surface area is 79.7 Å². The van der Waals surface area contributed by atoms with Crippen LogP contribution in [0.2, 0.25) is 0 Å². The molecule has 1 aromatic heterocycles. The van der Waals surface area contributed by atoms with Crippen LogP contribution in [0.3, 0.4) is 0 Å². The third-order valence-electron chi connectivity index (χ3n) is 2.29. The third kappa shape index (κ3) is 3.20. The maximum atomic E-state index is 5.64. The van der Waals surface area contributed by atoms with Gasteiger partial charge in [-0.3, -0.25) is 0 Å². The summed E-state index contributed by atoms with van der Waals surface area (Å²) < 4.78 is 0. The number of aromatic nitrogens is 1. The minimum atomic E-state index is 0.412. The largest absolute Gasteiger partial charge is 0.367 e. The number of nitrogens with one attached hydrogen (secondary N) is 2. The fraction of sp³-hybridized carbons (Fsp3) is 0.600. The van der Waals surface area contributed by atoms with Crippen molar-refractivity contribution in [2.75, 3.05) is 6.54 Å². The van der Waals surface area contributed by atoms with E-state index < -0.39 is 0 Å². The number of aromatic amines is 1. The van der Waals surface area contributed by atoms with Gasteiger partial charge in [-0.25, -0.2) is 0 Å². The molecule has 0 radical (unpaired) electrons. The fourth-order valence-electron chi connectivity index (χ4n) is 1.31. The predicted octanol–water partition coefficient (Wildman–Crippen LogP) is 1.09. The SMILES string of the molecule is CC(C)C(CN)NCc1cc[nH]c1. The van der Waals surface area contributed by atoms with Crippen molar-refractivity contribution in [2.24, 2.45) is 11.7 Å². The standard InChI is InChI=1S/C10H19N3/c1-8(2)10(5-11)13-7-9-3-4-12-6-9/h3-4,6,8,10,12-13H,5,7,11H2,1-2H3. The van der Waals surface area contributed by atoms with E-state index in [4.69, 9.17) is 5.73 Å². The predicted molar refractivity (Wildman–Crippen MR) is 55.3 cm³/mol. The molecule has 0 saturated heterocycles. The van der Waals surface area contributed by atoms with Crippen LogP contribution in [0, 0.1) is 5.92 Å². The van der Waals surface area contributed by atoms with Gasteiger partial charge in [0.1, 0.15) is 0 Å². The van der Waals surface area contributed by atoms with Gasteiger partial charge in [0, 0.05) is 31.5 Å². The van der Waals surface area contributed by atoms with Gasteiger partial charge in [0.05, 0.1) is 0 Å². The minimum Gasteiger partial charge on any atom is -0.367 e. The van der Waals surface area contributed by atoms with Crippen LogP contribution in [-0.2, 0) is 6.54 Å². The lowest BCUT2D eigenvalue weighted by molar-refractivity contribution is 0.405. The van der Waals surface area contributed by atoms with Crippen LogP contribution >= 0.6 is 0 Å². The first kappa shape index (κ1) is 10.3. The highest BCUT2D eigenvalue weighted by Gasteiger charge is 2.09. The van der Waals surface area contributed by atoms with E-state index in [0.717, 1.165) is 6.54 Å². The van der Waals surface area contributed by atoms with Gasteiger partial charge < -0.3 is 16.0 Å². The second-order valence-electron chi connectivity index (χ2n) is 3.69. The molecule has 0 bridgehead atoms. The molecule has 0 fully saturated rings. The van der Waals surface area contributed by atoms with Gasteiger partial charge in [0.15, 0.2) is 0 Å². The zero-order chi connectivity index (χ0) is 9.68. The summed E-state index contributed by atoms with van der Waals surface area (Å²) in [7, 11) is 0. The van der Waals surface area contributed by atoms with E-state index in [9.17, 15) is 0 Å². The molecule has 74 valence electrons. The maximum absolute atomic E-state index is 5.64. The normalized spacial score (nSPS) is 13.5. The Kier molecular flexibility index (Phi) is 3.99. The molecule has 0 saturated carbocycles. The number of hydrogen-bond acceptors (Lipinski definition) is 2. The minimum absolute atomic E-state index is 0.412. The molecular weight excluding hydrogens is 162 g/mol. The van der Waals surface area contributed by atoms with Crippen molar-refractivity contribution >= 4 is 0 Å². The molecule has 0 spiro atoms. The van der Waals surface area contributed by atoms with E-state index in [-0.39, 0.29) is 0 Å². The molecule has 3 nitrogen and oxygen atoms in total. The lowest BCUT2D eigenvalue weighted by Gasteiger charge is -2.20. The maximum Gasteiger partial charge on any atom is 0.0223 e. The third-order valence-corrected chi connectivity index (χ3v) is 2.29. The zero-order valence-corrected chi connectivity index (χ0v) is 8.38. The smallest absolute Gasteiger partial charge is 0.0223 e. The number of hydrogen-bond donors (Lipinski definition) is 3. The molecule has 13 heavy (non-hydrogen) atoms. The van der Waals surface area contributed by atoms with Crippen LogP contribution in [0.15, 0.2) is 18.5 Å². The average Bonchev–Trinajstić information content (AvgIpc) is 2.57. The van der Waals surface area contributed by atoms with Gasteiger partial charge >= 0.3 is 0 Å². The summed E-state index contributed by atoms with van der Waals surface area (Å²) in [5.41, 5.74) is 6.92. The Bertz CT molecular complexity index is 216. The van der Waals surface area contributed by atoms with Crippen molar-refractivity contribution in [3.63, 3.8) is 0 Å². The van der Waals surface area contributed by atoms with E-state index in [1.54, 1.807) is 0 Å². The molecule has 0 aromatic carbocycles. The second kappa shape index (κ2) is 5.04. The average molecular weight is 181 g/mol. The number of rotatable bonds is 5. The summed E-state index contributed by atoms with van der Waals surface area (Å²) in [4.78, 5) is 3.03. The van der Waals surface area contributed by atoms with E-state index >= 15 is 0 Å². The van der Waals surface area contributed by atoms with Crippen LogP contribution in [-0.4, -0.2) is 17.6 Å². The summed E-state index contributed by atoms with van der Waals surface area (Å²) in [5, 5.41) is 3.43. The van der Waals surface area contributed by atoms with Crippen LogP contribution in [0.25, 0.3) is 0 Å². The van der Waals surface area contributed by atoms with Gasteiger partial charge in [-0.2, -0.15) is 0 Å². The van der Waals surface area contributed by atoms with Crippen molar-refractivity contribution in [1.82, 2.24) is 10.3 Å². The molecule has 1 unspecified atom stereocenters. The van der Waals surface area contributed by atoms with E-state index in [0.29, 0.717) is 18.5 Å².